The van der Waals surface area contributed by atoms with E-state index < -0.39 is 10.0 Å². The first-order valence-electron chi connectivity index (χ1n) is 8.35. The zero-order valence-electron chi connectivity index (χ0n) is 14.1. The molecule has 2 N–H and O–H groups in total. The Labute approximate surface area is 145 Å². The molecule has 1 aromatic heterocycles. The van der Waals surface area contributed by atoms with Crippen LogP contribution in [0.2, 0.25) is 0 Å². The molecule has 9 heteroatoms. The maximum atomic E-state index is 12.6. The zero-order chi connectivity index (χ0) is 18.0. The van der Waals surface area contributed by atoms with Crippen molar-refractivity contribution in [2.24, 2.45) is 0 Å². The number of aromatic nitrogens is 2. The second-order valence-corrected chi connectivity index (χ2v) is 8.43. The molecule has 1 aliphatic rings. The van der Waals surface area contributed by atoms with Crippen LogP contribution in [0.5, 0.6) is 0 Å². The molecular weight excluding hydrogens is 344 g/mol. The lowest BCUT2D eigenvalue weighted by atomic mass is 10.1. The maximum absolute atomic E-state index is 12.6. The number of carbonyl (C=O) groups excluding carboxylic acids is 1. The number of sulfonamides is 1. The topological polar surface area (TPSA) is 106 Å². The summed E-state index contributed by atoms with van der Waals surface area (Å²) in [5.74, 6) is 0.0449. The van der Waals surface area contributed by atoms with Crippen molar-refractivity contribution in [3.05, 3.63) is 34.2 Å². The fourth-order valence-electron chi connectivity index (χ4n) is 3.08. The van der Waals surface area contributed by atoms with Crippen LogP contribution in [0.1, 0.15) is 18.9 Å². The molecule has 136 valence electrons. The molecule has 0 unspecified atom stereocenters. The predicted molar refractivity (Wildman–Crippen MR) is 94.9 cm³/mol. The van der Waals surface area contributed by atoms with Crippen LogP contribution in [0, 0.1) is 0 Å². The number of amides is 1. The summed E-state index contributed by atoms with van der Waals surface area (Å²) in [4.78, 5) is 30.9. The fraction of sp³-hybridized carbons (Fsp3) is 0.500. The lowest BCUT2D eigenvalue weighted by molar-refractivity contribution is -0.130. The Hall–Kier alpha value is -2.13. The number of nitrogens with zero attached hydrogens (tertiary/aromatic N) is 2. The van der Waals surface area contributed by atoms with Gasteiger partial charge in [-0.3, -0.25) is 4.79 Å². The Bertz CT molecular complexity index is 931. The highest BCUT2D eigenvalue weighted by atomic mass is 32.2. The average Bonchev–Trinajstić information content (AvgIpc) is 2.79. The van der Waals surface area contributed by atoms with Gasteiger partial charge < -0.3 is 14.9 Å². The highest BCUT2D eigenvalue weighted by Gasteiger charge is 2.25. The normalized spacial score (nSPS) is 16.9. The summed E-state index contributed by atoms with van der Waals surface area (Å²) in [6.45, 7) is 3.38. The largest absolute Gasteiger partial charge is 0.341 e. The van der Waals surface area contributed by atoms with Gasteiger partial charge in [0, 0.05) is 26.2 Å². The van der Waals surface area contributed by atoms with E-state index >= 15 is 0 Å². The van der Waals surface area contributed by atoms with Crippen molar-refractivity contribution in [1.82, 2.24) is 19.2 Å². The van der Waals surface area contributed by atoms with Crippen LogP contribution in [-0.4, -0.2) is 65.4 Å². The van der Waals surface area contributed by atoms with Crippen LogP contribution in [0.3, 0.4) is 0 Å². The Morgan fingerprint density at radius 2 is 1.88 bits per heavy atom. The fourth-order valence-corrected chi connectivity index (χ4v) is 4.21. The van der Waals surface area contributed by atoms with E-state index in [0.29, 0.717) is 43.6 Å². The molecule has 0 atom stereocenters. The number of nitrogens with one attached hydrogen (secondary N) is 2. The van der Waals surface area contributed by atoms with Gasteiger partial charge in [0.05, 0.1) is 23.2 Å². The van der Waals surface area contributed by atoms with E-state index in [2.05, 4.69) is 9.97 Å². The van der Waals surface area contributed by atoms with Crippen molar-refractivity contribution >= 4 is 27.0 Å². The quantitative estimate of drug-likeness (QED) is 0.811. The summed E-state index contributed by atoms with van der Waals surface area (Å²) >= 11 is 0. The van der Waals surface area contributed by atoms with Crippen molar-refractivity contribution < 1.29 is 13.2 Å². The number of rotatable bonds is 4. The Kier molecular flexibility index (Phi) is 4.96. The first kappa shape index (κ1) is 17.7. The predicted octanol–water partition coefficient (Wildman–Crippen LogP) is 0.283. The number of aromatic amines is 2. The molecule has 0 radical (unpaired) electrons. The summed E-state index contributed by atoms with van der Waals surface area (Å²) < 4.78 is 25.5. The number of imidazole rings is 1. The summed E-state index contributed by atoms with van der Waals surface area (Å²) in [7, 11) is -3.22. The molecule has 3 rings (SSSR count). The number of fused-ring (bicyclic) bond motifs is 1. The van der Waals surface area contributed by atoms with Crippen molar-refractivity contribution in [3.8, 4) is 0 Å². The summed E-state index contributed by atoms with van der Waals surface area (Å²) in [5, 5.41) is 0. The van der Waals surface area contributed by atoms with Gasteiger partial charge in [-0.2, -0.15) is 0 Å². The van der Waals surface area contributed by atoms with Crippen molar-refractivity contribution in [2.75, 3.05) is 31.9 Å². The second-order valence-electron chi connectivity index (χ2n) is 6.17. The summed E-state index contributed by atoms with van der Waals surface area (Å²) in [6.07, 6.45) is 0.860. The summed E-state index contributed by atoms with van der Waals surface area (Å²) in [5.41, 5.74) is 1.92. The lowest BCUT2D eigenvalue weighted by Gasteiger charge is -2.21. The maximum Gasteiger partial charge on any atom is 0.323 e. The molecule has 0 bridgehead atoms. The molecule has 1 fully saturated rings. The summed E-state index contributed by atoms with van der Waals surface area (Å²) in [6, 6.07) is 5.38. The van der Waals surface area contributed by atoms with Crippen LogP contribution in [0.25, 0.3) is 11.0 Å². The van der Waals surface area contributed by atoms with Crippen molar-refractivity contribution in [3.63, 3.8) is 0 Å². The smallest absolute Gasteiger partial charge is 0.323 e. The van der Waals surface area contributed by atoms with Crippen LogP contribution in [-0.2, 0) is 21.2 Å². The van der Waals surface area contributed by atoms with Crippen molar-refractivity contribution in [2.45, 2.75) is 19.8 Å². The van der Waals surface area contributed by atoms with Gasteiger partial charge in [0.25, 0.3) is 0 Å². The van der Waals surface area contributed by atoms with E-state index in [1.54, 1.807) is 24.0 Å². The van der Waals surface area contributed by atoms with Gasteiger partial charge in [-0.15, -0.1) is 0 Å². The highest BCUT2D eigenvalue weighted by Crippen LogP contribution is 2.14. The van der Waals surface area contributed by atoms with E-state index in [1.807, 2.05) is 6.07 Å². The molecule has 2 aromatic rings. The van der Waals surface area contributed by atoms with E-state index in [1.165, 1.54) is 4.31 Å². The Morgan fingerprint density at radius 1 is 1.12 bits per heavy atom. The highest BCUT2D eigenvalue weighted by molar-refractivity contribution is 7.89. The minimum Gasteiger partial charge on any atom is -0.341 e. The molecule has 1 saturated heterocycles. The molecule has 0 spiro atoms. The zero-order valence-corrected chi connectivity index (χ0v) is 14.9. The van der Waals surface area contributed by atoms with Gasteiger partial charge in [0.15, 0.2) is 0 Å². The first-order valence-corrected chi connectivity index (χ1v) is 9.96. The van der Waals surface area contributed by atoms with Gasteiger partial charge in [-0.1, -0.05) is 6.07 Å². The van der Waals surface area contributed by atoms with Crippen LogP contribution in [0.4, 0.5) is 0 Å². The number of hydrogen-bond donors (Lipinski definition) is 2. The molecule has 0 saturated carbocycles. The first-order chi connectivity index (χ1) is 11.9. The number of benzene rings is 1. The Morgan fingerprint density at radius 3 is 2.64 bits per heavy atom. The molecule has 2 heterocycles. The molecule has 1 aliphatic heterocycles. The van der Waals surface area contributed by atoms with Gasteiger partial charge >= 0.3 is 5.69 Å². The van der Waals surface area contributed by atoms with Gasteiger partial charge in [0.2, 0.25) is 15.9 Å². The number of H-pyrrole nitrogens is 2. The van der Waals surface area contributed by atoms with E-state index in [9.17, 15) is 18.0 Å². The molecule has 0 aliphatic carbocycles. The minimum atomic E-state index is -3.22. The van der Waals surface area contributed by atoms with Gasteiger partial charge in [-0.25, -0.2) is 17.5 Å². The van der Waals surface area contributed by atoms with Crippen molar-refractivity contribution in [1.29, 1.82) is 0 Å². The van der Waals surface area contributed by atoms with Gasteiger partial charge in [-0.05, 0) is 31.0 Å². The monoisotopic (exact) mass is 366 g/mol. The third-order valence-corrected chi connectivity index (χ3v) is 6.38. The SMILES string of the molecule is CCS(=O)(=O)N1CCCN(C(=O)Cc2ccc3[nH]c(=O)[nH]c3c2)CC1. The number of carbonyl (C=O) groups is 1. The van der Waals surface area contributed by atoms with Crippen LogP contribution >= 0.6 is 0 Å². The standard InChI is InChI=1S/C16H22N4O4S/c1-2-25(23,24)20-7-3-6-19(8-9-20)15(21)11-12-4-5-13-14(10-12)18-16(22)17-13/h4-5,10H,2-3,6-9,11H2,1H3,(H2,17,18,22). The van der Waals surface area contributed by atoms with Gasteiger partial charge in [0.1, 0.15) is 0 Å². The van der Waals surface area contributed by atoms with E-state index in [4.69, 9.17) is 0 Å². The Balaban J connectivity index is 1.67. The average molecular weight is 366 g/mol. The van der Waals surface area contributed by atoms with Crippen LogP contribution < -0.4 is 5.69 Å². The van der Waals surface area contributed by atoms with E-state index in [-0.39, 0.29) is 23.8 Å². The third kappa shape index (κ3) is 3.93. The molecule has 25 heavy (non-hydrogen) atoms. The molecular formula is C16H22N4O4S. The molecule has 1 aromatic carbocycles. The third-order valence-electron chi connectivity index (χ3n) is 4.50. The molecule has 8 nitrogen and oxygen atoms in total. The minimum absolute atomic E-state index is 0.0343. The lowest BCUT2D eigenvalue weighted by Crippen LogP contribution is -2.38. The second kappa shape index (κ2) is 7.01. The molecule has 1 amide bonds. The van der Waals surface area contributed by atoms with E-state index in [0.717, 1.165) is 5.56 Å². The number of hydrogen-bond acceptors (Lipinski definition) is 4. The van der Waals surface area contributed by atoms with Crippen LogP contribution in [0.15, 0.2) is 23.0 Å².